The van der Waals surface area contributed by atoms with Gasteiger partial charge in [0.1, 0.15) is 12.7 Å². The lowest BCUT2D eigenvalue weighted by Crippen LogP contribution is -2.13. The Morgan fingerprint density at radius 1 is 1.21 bits per heavy atom. The number of benzene rings is 2. The molecule has 1 aromatic heterocycles. The predicted octanol–water partition coefficient (Wildman–Crippen LogP) is 2.74. The van der Waals surface area contributed by atoms with Crippen molar-refractivity contribution in [3.8, 4) is 5.69 Å². The van der Waals surface area contributed by atoms with Crippen molar-refractivity contribution in [1.82, 2.24) is 14.8 Å². The zero-order valence-corrected chi connectivity index (χ0v) is 12.7. The second-order valence-electron chi connectivity index (χ2n) is 5.10. The normalized spacial score (nSPS) is 10.4. The first-order chi connectivity index (χ1) is 11.5. The lowest BCUT2D eigenvalue weighted by atomic mass is 10.1. The smallest absolute Gasteiger partial charge is 0.271 e. The molecular weight excluding hydrogens is 310 g/mol. The molecule has 0 radical (unpaired) electrons. The van der Waals surface area contributed by atoms with Gasteiger partial charge in [-0.3, -0.25) is 14.9 Å². The Labute approximate surface area is 136 Å². The topological polar surface area (TPSA) is 103 Å². The van der Waals surface area contributed by atoms with Gasteiger partial charge in [-0.05, 0) is 36.8 Å². The molecule has 1 amide bonds. The summed E-state index contributed by atoms with van der Waals surface area (Å²) in [5.41, 5.74) is 2.29. The van der Waals surface area contributed by atoms with Gasteiger partial charge in [0.15, 0.2) is 0 Å². The highest BCUT2D eigenvalue weighted by Crippen LogP contribution is 2.22. The zero-order valence-electron chi connectivity index (χ0n) is 12.7. The highest BCUT2D eigenvalue weighted by Gasteiger charge is 2.12. The standard InChI is InChI=1S/C16H13N5O3/c1-11-2-5-14(21(23)24)8-15(11)19-16(22)12-3-6-13(7-4-12)20-10-17-9-18-20/h2-10H,1H3,(H,19,22). The summed E-state index contributed by atoms with van der Waals surface area (Å²) in [6.07, 6.45) is 2.98. The molecule has 0 spiro atoms. The molecule has 0 fully saturated rings. The van der Waals surface area contributed by atoms with E-state index in [1.165, 1.54) is 18.5 Å². The third-order valence-electron chi connectivity index (χ3n) is 3.49. The second-order valence-corrected chi connectivity index (χ2v) is 5.10. The molecule has 0 unspecified atom stereocenters. The van der Waals surface area contributed by atoms with Gasteiger partial charge in [-0.25, -0.2) is 9.67 Å². The molecule has 3 aromatic rings. The fourth-order valence-electron chi connectivity index (χ4n) is 2.16. The van der Waals surface area contributed by atoms with Crippen molar-refractivity contribution in [1.29, 1.82) is 0 Å². The third kappa shape index (κ3) is 3.12. The average Bonchev–Trinajstić information content (AvgIpc) is 3.11. The van der Waals surface area contributed by atoms with Gasteiger partial charge in [0.25, 0.3) is 11.6 Å². The SMILES string of the molecule is Cc1ccc([N+](=O)[O-])cc1NC(=O)c1ccc(-n2cncn2)cc1. The highest BCUT2D eigenvalue weighted by molar-refractivity contribution is 6.04. The van der Waals surface area contributed by atoms with E-state index in [1.807, 2.05) is 0 Å². The lowest BCUT2D eigenvalue weighted by molar-refractivity contribution is -0.384. The molecule has 0 aliphatic carbocycles. The Morgan fingerprint density at radius 2 is 1.96 bits per heavy atom. The van der Waals surface area contributed by atoms with E-state index in [-0.39, 0.29) is 11.6 Å². The van der Waals surface area contributed by atoms with Crippen LogP contribution in [0.5, 0.6) is 0 Å². The van der Waals surface area contributed by atoms with E-state index in [1.54, 1.807) is 48.3 Å². The van der Waals surface area contributed by atoms with Gasteiger partial charge in [-0.15, -0.1) is 0 Å². The molecule has 0 saturated heterocycles. The Balaban J connectivity index is 1.80. The molecule has 1 heterocycles. The fourth-order valence-corrected chi connectivity index (χ4v) is 2.16. The van der Waals surface area contributed by atoms with E-state index in [0.717, 1.165) is 11.3 Å². The molecule has 2 aromatic carbocycles. The number of amides is 1. The van der Waals surface area contributed by atoms with Gasteiger partial charge >= 0.3 is 0 Å². The number of nitro groups is 1. The summed E-state index contributed by atoms with van der Waals surface area (Å²) in [6, 6.07) is 11.1. The average molecular weight is 323 g/mol. The minimum absolute atomic E-state index is 0.0718. The summed E-state index contributed by atoms with van der Waals surface area (Å²) >= 11 is 0. The Morgan fingerprint density at radius 3 is 2.58 bits per heavy atom. The molecule has 0 atom stereocenters. The number of nitro benzene ring substituents is 1. The van der Waals surface area contributed by atoms with Crippen LogP contribution in [0.3, 0.4) is 0 Å². The van der Waals surface area contributed by atoms with Crippen molar-refractivity contribution >= 4 is 17.3 Å². The molecule has 8 heteroatoms. The molecule has 1 N–H and O–H groups in total. The maximum Gasteiger partial charge on any atom is 0.271 e. The van der Waals surface area contributed by atoms with E-state index in [2.05, 4.69) is 15.4 Å². The van der Waals surface area contributed by atoms with Crippen LogP contribution >= 0.6 is 0 Å². The predicted molar refractivity (Wildman–Crippen MR) is 87.1 cm³/mol. The van der Waals surface area contributed by atoms with Crippen molar-refractivity contribution in [2.75, 3.05) is 5.32 Å². The van der Waals surface area contributed by atoms with Gasteiger partial charge in [-0.2, -0.15) is 5.10 Å². The van der Waals surface area contributed by atoms with E-state index < -0.39 is 4.92 Å². The number of aromatic nitrogens is 3. The molecule has 8 nitrogen and oxygen atoms in total. The lowest BCUT2D eigenvalue weighted by Gasteiger charge is -2.09. The first kappa shape index (κ1) is 15.3. The zero-order chi connectivity index (χ0) is 17.1. The minimum Gasteiger partial charge on any atom is -0.321 e. The summed E-state index contributed by atoms with van der Waals surface area (Å²) in [5, 5.41) is 17.6. The molecule has 3 rings (SSSR count). The Kier molecular flexibility index (Phi) is 4.02. The maximum atomic E-state index is 12.3. The van der Waals surface area contributed by atoms with Crippen molar-refractivity contribution in [2.45, 2.75) is 6.92 Å². The number of carbonyl (C=O) groups excluding carboxylic acids is 1. The number of hydrogen-bond donors (Lipinski definition) is 1. The molecule has 0 saturated carbocycles. The Bertz CT molecular complexity index is 889. The van der Waals surface area contributed by atoms with Crippen LogP contribution in [0.2, 0.25) is 0 Å². The van der Waals surface area contributed by atoms with Crippen LogP contribution in [0.1, 0.15) is 15.9 Å². The van der Waals surface area contributed by atoms with Crippen molar-refractivity contribution < 1.29 is 9.72 Å². The van der Waals surface area contributed by atoms with E-state index in [9.17, 15) is 14.9 Å². The first-order valence-corrected chi connectivity index (χ1v) is 7.06. The highest BCUT2D eigenvalue weighted by atomic mass is 16.6. The van der Waals surface area contributed by atoms with Crippen LogP contribution in [0, 0.1) is 17.0 Å². The van der Waals surface area contributed by atoms with Crippen LogP contribution in [0.15, 0.2) is 55.1 Å². The number of anilines is 1. The summed E-state index contributed by atoms with van der Waals surface area (Å²) < 4.78 is 1.58. The number of nitrogens with one attached hydrogen (secondary N) is 1. The largest absolute Gasteiger partial charge is 0.321 e. The van der Waals surface area contributed by atoms with Crippen LogP contribution < -0.4 is 5.32 Å². The summed E-state index contributed by atoms with van der Waals surface area (Å²) in [6.45, 7) is 1.77. The fraction of sp³-hybridized carbons (Fsp3) is 0.0625. The number of carbonyl (C=O) groups is 1. The third-order valence-corrected chi connectivity index (χ3v) is 3.49. The van der Waals surface area contributed by atoms with Crippen LogP contribution in [0.4, 0.5) is 11.4 Å². The molecule has 0 bridgehead atoms. The summed E-state index contributed by atoms with van der Waals surface area (Å²) in [7, 11) is 0. The monoisotopic (exact) mass is 323 g/mol. The molecule has 0 aliphatic rings. The van der Waals surface area contributed by atoms with E-state index in [0.29, 0.717) is 11.3 Å². The second kappa shape index (κ2) is 6.29. The molecular formula is C16H13N5O3. The number of rotatable bonds is 4. The summed E-state index contributed by atoms with van der Waals surface area (Å²) in [5.74, 6) is -0.344. The van der Waals surface area contributed by atoms with Gasteiger partial charge in [0.2, 0.25) is 0 Å². The molecule has 0 aliphatic heterocycles. The van der Waals surface area contributed by atoms with Crippen molar-refractivity contribution in [3.63, 3.8) is 0 Å². The van der Waals surface area contributed by atoms with Gasteiger partial charge in [0, 0.05) is 17.7 Å². The van der Waals surface area contributed by atoms with Crippen molar-refractivity contribution in [2.24, 2.45) is 0 Å². The van der Waals surface area contributed by atoms with Crippen LogP contribution in [-0.2, 0) is 0 Å². The number of hydrogen-bond acceptors (Lipinski definition) is 5. The van der Waals surface area contributed by atoms with E-state index >= 15 is 0 Å². The molecule has 24 heavy (non-hydrogen) atoms. The van der Waals surface area contributed by atoms with Gasteiger partial charge in [0.05, 0.1) is 16.3 Å². The minimum atomic E-state index is -0.498. The van der Waals surface area contributed by atoms with E-state index in [4.69, 9.17) is 0 Å². The van der Waals surface area contributed by atoms with Crippen molar-refractivity contribution in [3.05, 3.63) is 76.4 Å². The Hall–Kier alpha value is -3.55. The van der Waals surface area contributed by atoms with Gasteiger partial charge < -0.3 is 5.32 Å². The first-order valence-electron chi connectivity index (χ1n) is 7.06. The number of nitrogens with zero attached hydrogens (tertiary/aromatic N) is 4. The number of aryl methyl sites for hydroxylation is 1. The summed E-state index contributed by atoms with van der Waals surface area (Å²) in [4.78, 5) is 26.5. The quantitative estimate of drug-likeness (QED) is 0.587. The maximum absolute atomic E-state index is 12.3. The van der Waals surface area contributed by atoms with Crippen LogP contribution in [0.25, 0.3) is 5.69 Å². The van der Waals surface area contributed by atoms with Gasteiger partial charge in [-0.1, -0.05) is 6.07 Å². The number of non-ortho nitro benzene ring substituents is 1. The molecule has 120 valence electrons. The van der Waals surface area contributed by atoms with Crippen LogP contribution in [-0.4, -0.2) is 25.6 Å².